The van der Waals surface area contributed by atoms with E-state index in [-0.39, 0.29) is 18.7 Å². The van der Waals surface area contributed by atoms with Crippen molar-refractivity contribution in [3.05, 3.63) is 12.1 Å². The zero-order valence-corrected chi connectivity index (χ0v) is 11.9. The highest BCUT2D eigenvalue weighted by molar-refractivity contribution is 5.89. The number of carbonyl (C=O) groups is 2. The van der Waals surface area contributed by atoms with Crippen LogP contribution in [0.3, 0.4) is 0 Å². The first-order valence-electron chi connectivity index (χ1n) is 6.75. The van der Waals surface area contributed by atoms with Gasteiger partial charge in [-0.25, -0.2) is 4.79 Å². The molecule has 8 nitrogen and oxygen atoms in total. The Bertz CT molecular complexity index is 517. The molecule has 0 aromatic carbocycles. The number of ether oxygens (including phenoxy) is 1. The Balaban J connectivity index is 1.89. The van der Waals surface area contributed by atoms with Gasteiger partial charge in [0.15, 0.2) is 5.82 Å². The molecule has 1 saturated heterocycles. The summed E-state index contributed by atoms with van der Waals surface area (Å²) < 4.78 is 5.35. The molecule has 2 heterocycles. The van der Waals surface area contributed by atoms with Gasteiger partial charge in [0, 0.05) is 19.2 Å². The molecule has 2 rings (SSSR count). The molecular weight excluding hydrogens is 276 g/mol. The first-order valence-corrected chi connectivity index (χ1v) is 6.75. The summed E-state index contributed by atoms with van der Waals surface area (Å²) in [6.07, 6.45) is 0.465. The van der Waals surface area contributed by atoms with Crippen molar-refractivity contribution in [3.63, 3.8) is 0 Å². The van der Waals surface area contributed by atoms with Gasteiger partial charge in [-0.15, -0.1) is 10.2 Å². The third-order valence-corrected chi connectivity index (χ3v) is 3.06. The van der Waals surface area contributed by atoms with Crippen LogP contribution in [-0.2, 0) is 4.79 Å². The van der Waals surface area contributed by atoms with E-state index in [9.17, 15) is 9.59 Å². The number of nitrogens with one attached hydrogen (secondary N) is 1. The molecule has 0 bridgehead atoms. The van der Waals surface area contributed by atoms with Crippen LogP contribution in [0.4, 0.5) is 10.6 Å². The Labute approximate surface area is 122 Å². The van der Waals surface area contributed by atoms with Crippen LogP contribution in [0.5, 0.6) is 5.88 Å². The number of hydrogen-bond acceptors (Lipinski definition) is 5. The molecule has 0 saturated carbocycles. The number of nitrogens with zero attached hydrogens (tertiary/aromatic N) is 3. The fourth-order valence-electron chi connectivity index (χ4n) is 2.03. The average Bonchev–Trinajstić information content (AvgIpc) is 2.90. The minimum atomic E-state index is -0.875. The van der Waals surface area contributed by atoms with E-state index < -0.39 is 11.9 Å². The van der Waals surface area contributed by atoms with Gasteiger partial charge in [0.05, 0.1) is 12.0 Å². The summed E-state index contributed by atoms with van der Waals surface area (Å²) >= 11 is 0. The Morgan fingerprint density at radius 2 is 2.19 bits per heavy atom. The van der Waals surface area contributed by atoms with E-state index in [1.165, 1.54) is 4.90 Å². The van der Waals surface area contributed by atoms with Crippen LogP contribution in [0, 0.1) is 5.92 Å². The second-order valence-electron chi connectivity index (χ2n) is 5.12. The third-order valence-electron chi connectivity index (χ3n) is 3.06. The quantitative estimate of drug-likeness (QED) is 0.864. The van der Waals surface area contributed by atoms with Crippen LogP contribution >= 0.6 is 0 Å². The number of likely N-dealkylation sites (tertiary alicyclic amines) is 1. The molecule has 0 aliphatic carbocycles. The topological polar surface area (TPSA) is 105 Å². The number of carbonyl (C=O) groups excluding carboxylic acids is 1. The van der Waals surface area contributed by atoms with Crippen molar-refractivity contribution in [2.75, 3.05) is 18.4 Å². The molecular formula is C13H18N4O4. The molecule has 0 spiro atoms. The van der Waals surface area contributed by atoms with Crippen molar-refractivity contribution in [2.45, 2.75) is 26.4 Å². The van der Waals surface area contributed by atoms with Crippen molar-refractivity contribution < 1.29 is 19.4 Å². The SMILES string of the molecule is CC(C)Oc1ccc(NC(=O)N2CCC(C(=O)O)C2)nn1. The summed E-state index contributed by atoms with van der Waals surface area (Å²) in [5, 5.41) is 19.2. The minimum absolute atomic E-state index is 0.00251. The van der Waals surface area contributed by atoms with Crippen molar-refractivity contribution in [1.29, 1.82) is 0 Å². The van der Waals surface area contributed by atoms with Crippen LogP contribution in [0.25, 0.3) is 0 Å². The highest BCUT2D eigenvalue weighted by atomic mass is 16.5. The second-order valence-corrected chi connectivity index (χ2v) is 5.12. The van der Waals surface area contributed by atoms with Crippen molar-refractivity contribution >= 4 is 17.8 Å². The molecule has 0 radical (unpaired) electrons. The highest BCUT2D eigenvalue weighted by Crippen LogP contribution is 2.17. The third kappa shape index (κ3) is 4.04. The lowest BCUT2D eigenvalue weighted by Crippen LogP contribution is -2.34. The van der Waals surface area contributed by atoms with Crippen molar-refractivity contribution in [1.82, 2.24) is 15.1 Å². The minimum Gasteiger partial charge on any atom is -0.481 e. The number of rotatable bonds is 4. The molecule has 1 atom stereocenters. The molecule has 1 aromatic rings. The second kappa shape index (κ2) is 6.38. The summed E-state index contributed by atoms with van der Waals surface area (Å²) in [5.41, 5.74) is 0. The number of anilines is 1. The Morgan fingerprint density at radius 3 is 2.71 bits per heavy atom. The Kier molecular flexibility index (Phi) is 4.56. The van der Waals surface area contributed by atoms with E-state index >= 15 is 0 Å². The molecule has 8 heteroatoms. The molecule has 114 valence electrons. The number of carboxylic acid groups (broad SMARTS) is 1. The lowest BCUT2D eigenvalue weighted by atomic mass is 10.1. The van der Waals surface area contributed by atoms with E-state index in [0.717, 1.165) is 0 Å². The average molecular weight is 294 g/mol. The van der Waals surface area contributed by atoms with E-state index in [4.69, 9.17) is 9.84 Å². The lowest BCUT2D eigenvalue weighted by molar-refractivity contribution is -0.141. The predicted molar refractivity (Wildman–Crippen MR) is 74.1 cm³/mol. The molecule has 1 aliphatic rings. The zero-order chi connectivity index (χ0) is 15.4. The van der Waals surface area contributed by atoms with E-state index in [2.05, 4.69) is 15.5 Å². The fraction of sp³-hybridized carbons (Fsp3) is 0.538. The van der Waals surface area contributed by atoms with Crippen LogP contribution in [0.2, 0.25) is 0 Å². The van der Waals surface area contributed by atoms with E-state index in [1.807, 2.05) is 13.8 Å². The summed E-state index contributed by atoms with van der Waals surface area (Å²) in [6.45, 7) is 4.39. The lowest BCUT2D eigenvalue weighted by Gasteiger charge is -2.16. The van der Waals surface area contributed by atoms with Gasteiger partial charge in [-0.2, -0.15) is 0 Å². The Morgan fingerprint density at radius 1 is 1.43 bits per heavy atom. The summed E-state index contributed by atoms with van der Waals surface area (Å²) in [7, 11) is 0. The molecule has 21 heavy (non-hydrogen) atoms. The number of hydrogen-bond donors (Lipinski definition) is 2. The van der Waals surface area contributed by atoms with Gasteiger partial charge in [-0.3, -0.25) is 10.1 Å². The monoisotopic (exact) mass is 294 g/mol. The Hall–Kier alpha value is -2.38. The molecule has 1 fully saturated rings. The van der Waals surface area contributed by atoms with Crippen LogP contribution in [0.15, 0.2) is 12.1 Å². The highest BCUT2D eigenvalue weighted by Gasteiger charge is 2.30. The first-order chi connectivity index (χ1) is 9.95. The maximum absolute atomic E-state index is 12.0. The predicted octanol–water partition coefficient (Wildman–Crippen LogP) is 1.20. The normalized spacial score (nSPS) is 17.9. The van der Waals surface area contributed by atoms with Gasteiger partial charge in [-0.1, -0.05) is 0 Å². The number of carboxylic acids is 1. The smallest absolute Gasteiger partial charge is 0.323 e. The van der Waals surface area contributed by atoms with Crippen LogP contribution in [-0.4, -0.2) is 51.4 Å². The molecule has 2 N–H and O–H groups in total. The summed E-state index contributed by atoms with van der Waals surface area (Å²) in [5.74, 6) is -0.686. The van der Waals surface area contributed by atoms with Gasteiger partial charge >= 0.3 is 12.0 Å². The largest absolute Gasteiger partial charge is 0.481 e. The van der Waals surface area contributed by atoms with Crippen LogP contribution in [0.1, 0.15) is 20.3 Å². The van der Waals surface area contributed by atoms with E-state index in [1.54, 1.807) is 12.1 Å². The van der Waals surface area contributed by atoms with Gasteiger partial charge in [0.25, 0.3) is 0 Å². The number of amides is 2. The summed E-state index contributed by atoms with van der Waals surface area (Å²) in [6, 6.07) is 2.84. The van der Waals surface area contributed by atoms with Crippen LogP contribution < -0.4 is 10.1 Å². The fourth-order valence-corrected chi connectivity index (χ4v) is 2.03. The van der Waals surface area contributed by atoms with Gasteiger partial charge in [-0.05, 0) is 26.3 Å². The maximum Gasteiger partial charge on any atom is 0.323 e. The zero-order valence-electron chi connectivity index (χ0n) is 11.9. The molecule has 2 amide bonds. The first kappa shape index (κ1) is 15.0. The maximum atomic E-state index is 12.0. The van der Waals surface area contributed by atoms with Crippen molar-refractivity contribution in [3.8, 4) is 5.88 Å². The van der Waals surface area contributed by atoms with E-state index in [0.29, 0.717) is 24.7 Å². The standard InChI is InChI=1S/C13H18N4O4/c1-8(2)21-11-4-3-10(15-16-11)14-13(20)17-6-5-9(7-17)12(18)19/h3-4,8-9H,5-7H2,1-2H3,(H,18,19)(H,14,15,20). The van der Waals surface area contributed by atoms with Gasteiger partial charge < -0.3 is 14.7 Å². The van der Waals surface area contributed by atoms with Crippen molar-refractivity contribution in [2.24, 2.45) is 5.92 Å². The van der Waals surface area contributed by atoms with Gasteiger partial charge in [0.2, 0.25) is 5.88 Å². The number of urea groups is 1. The van der Waals surface area contributed by atoms with Gasteiger partial charge in [0.1, 0.15) is 0 Å². The molecule has 1 aromatic heterocycles. The summed E-state index contributed by atoms with van der Waals surface area (Å²) in [4.78, 5) is 24.3. The number of aromatic nitrogens is 2. The number of aliphatic carboxylic acids is 1. The molecule has 1 aliphatic heterocycles. The molecule has 1 unspecified atom stereocenters.